The summed E-state index contributed by atoms with van der Waals surface area (Å²) < 4.78 is 9.98. The second-order valence-corrected chi connectivity index (χ2v) is 2.16. The monoisotopic (exact) mass is 140 g/mol. The van der Waals surface area contributed by atoms with Gasteiger partial charge in [0.05, 0.1) is 0 Å². The smallest absolute Gasteiger partial charge is 0.304 e. The molecule has 0 N–H and O–H groups in total. The van der Waals surface area contributed by atoms with E-state index in [4.69, 9.17) is 8.85 Å². The van der Waals surface area contributed by atoms with Gasteiger partial charge < -0.3 is 8.85 Å². The zero-order chi connectivity index (χ0) is 5.54. The molecule has 0 aromatic heterocycles. The van der Waals surface area contributed by atoms with Crippen LogP contribution in [0.4, 0.5) is 4.70 Å². The quantitative estimate of drug-likeness (QED) is 0.410. The molecule has 0 aliphatic rings. The zero-order valence-corrected chi connectivity index (χ0v) is 6.76. The van der Waals surface area contributed by atoms with Crippen molar-refractivity contribution in [3.8, 4) is 0 Å². The van der Waals surface area contributed by atoms with Crippen LogP contribution in [0, 0.1) is 0 Å². The molecule has 0 spiro atoms. The summed E-state index contributed by atoms with van der Waals surface area (Å²) in [6.45, 7) is 5.55. The standard InChI is InChI=1S/C4H12O2Si.FH/c1-3-5-7-6-4-2;/h3-4,7H2,1-2H3;1H. The maximum absolute atomic E-state index is 4.99. The van der Waals surface area contributed by atoms with Gasteiger partial charge in [0, 0.05) is 13.2 Å². The Balaban J connectivity index is 0. The molecular formula is C4H13FO2Si. The lowest BCUT2D eigenvalue weighted by Gasteiger charge is -1.96. The molecule has 52 valence electrons. The summed E-state index contributed by atoms with van der Waals surface area (Å²) in [7, 11) is -0.589. The Labute approximate surface area is 51.6 Å². The van der Waals surface area contributed by atoms with E-state index in [1.807, 2.05) is 13.8 Å². The maximum atomic E-state index is 4.99. The maximum Gasteiger partial charge on any atom is 0.304 e. The van der Waals surface area contributed by atoms with E-state index < -0.39 is 10.0 Å². The van der Waals surface area contributed by atoms with Gasteiger partial charge >= 0.3 is 10.0 Å². The van der Waals surface area contributed by atoms with E-state index in [1.165, 1.54) is 0 Å². The van der Waals surface area contributed by atoms with Crippen molar-refractivity contribution in [3.63, 3.8) is 0 Å². The molecule has 0 saturated carbocycles. The molecule has 0 amide bonds. The highest BCUT2D eigenvalue weighted by atomic mass is 28.3. The largest absolute Gasteiger partial charge is 0.399 e. The molecule has 0 aromatic rings. The van der Waals surface area contributed by atoms with E-state index in [1.54, 1.807) is 0 Å². The van der Waals surface area contributed by atoms with Crippen LogP contribution in [0.25, 0.3) is 0 Å². The van der Waals surface area contributed by atoms with E-state index >= 15 is 0 Å². The molecule has 8 heavy (non-hydrogen) atoms. The second-order valence-electron chi connectivity index (χ2n) is 1.10. The van der Waals surface area contributed by atoms with Gasteiger partial charge in [-0.25, -0.2) is 0 Å². The van der Waals surface area contributed by atoms with Gasteiger partial charge in [-0.1, -0.05) is 0 Å². The summed E-state index contributed by atoms with van der Waals surface area (Å²) in [5.74, 6) is 0. The average Bonchev–Trinajstić information content (AvgIpc) is 1.69. The number of rotatable bonds is 4. The first-order valence-corrected chi connectivity index (χ1v) is 3.72. The minimum Gasteiger partial charge on any atom is -0.399 e. The Kier molecular flexibility index (Phi) is 13.9. The second kappa shape index (κ2) is 10.1. The fourth-order valence-electron chi connectivity index (χ4n) is 0.226. The van der Waals surface area contributed by atoms with Crippen LogP contribution >= 0.6 is 0 Å². The van der Waals surface area contributed by atoms with Crippen LogP contribution < -0.4 is 0 Å². The lowest BCUT2D eigenvalue weighted by atomic mass is 10.9. The van der Waals surface area contributed by atoms with Crippen LogP contribution in [0.5, 0.6) is 0 Å². The van der Waals surface area contributed by atoms with Crippen LogP contribution in [0.1, 0.15) is 13.8 Å². The molecular weight excluding hydrogens is 127 g/mol. The topological polar surface area (TPSA) is 18.5 Å². The van der Waals surface area contributed by atoms with Crippen LogP contribution in [0.2, 0.25) is 0 Å². The van der Waals surface area contributed by atoms with Crippen LogP contribution in [0.15, 0.2) is 0 Å². The number of hydrogen-bond acceptors (Lipinski definition) is 2. The molecule has 0 aliphatic carbocycles. The zero-order valence-electron chi connectivity index (χ0n) is 5.35. The van der Waals surface area contributed by atoms with Crippen LogP contribution in [-0.2, 0) is 8.85 Å². The predicted octanol–water partition coefficient (Wildman–Crippen LogP) is 0.211. The van der Waals surface area contributed by atoms with Crippen LogP contribution in [-0.4, -0.2) is 23.2 Å². The highest BCUT2D eigenvalue weighted by Gasteiger charge is 1.79. The third-order valence-corrected chi connectivity index (χ3v) is 1.72. The van der Waals surface area contributed by atoms with Crippen molar-refractivity contribution in [2.45, 2.75) is 13.8 Å². The molecule has 0 atom stereocenters. The summed E-state index contributed by atoms with van der Waals surface area (Å²) in [6, 6.07) is 0. The minimum atomic E-state index is -0.589. The molecule has 0 radical (unpaired) electrons. The first-order valence-electron chi connectivity index (χ1n) is 2.57. The predicted molar refractivity (Wildman–Crippen MR) is 34.3 cm³/mol. The van der Waals surface area contributed by atoms with Gasteiger partial charge in [0.15, 0.2) is 0 Å². The molecule has 0 bridgehead atoms. The summed E-state index contributed by atoms with van der Waals surface area (Å²) in [6.07, 6.45) is 0. The highest BCUT2D eigenvalue weighted by Crippen LogP contribution is 1.70. The minimum absolute atomic E-state index is 0. The fourth-order valence-corrected chi connectivity index (χ4v) is 0.677. The van der Waals surface area contributed by atoms with Gasteiger partial charge in [-0.15, -0.1) is 0 Å². The van der Waals surface area contributed by atoms with Crippen molar-refractivity contribution in [2.24, 2.45) is 0 Å². The van der Waals surface area contributed by atoms with Gasteiger partial charge in [-0.3, -0.25) is 4.70 Å². The first kappa shape index (κ1) is 10.9. The summed E-state index contributed by atoms with van der Waals surface area (Å²) in [5, 5.41) is 0. The lowest BCUT2D eigenvalue weighted by Crippen LogP contribution is -2.02. The van der Waals surface area contributed by atoms with E-state index in [2.05, 4.69) is 0 Å². The molecule has 4 heteroatoms. The summed E-state index contributed by atoms with van der Waals surface area (Å²) in [5.41, 5.74) is 0. The van der Waals surface area contributed by atoms with E-state index in [0.717, 1.165) is 13.2 Å². The van der Waals surface area contributed by atoms with Crippen molar-refractivity contribution in [2.75, 3.05) is 13.2 Å². The Hall–Kier alpha value is 0.0669. The van der Waals surface area contributed by atoms with Crippen LogP contribution in [0.3, 0.4) is 0 Å². The summed E-state index contributed by atoms with van der Waals surface area (Å²) >= 11 is 0. The first-order chi connectivity index (χ1) is 3.41. The summed E-state index contributed by atoms with van der Waals surface area (Å²) in [4.78, 5) is 0. The van der Waals surface area contributed by atoms with Gasteiger partial charge in [0.2, 0.25) is 0 Å². The SMILES string of the molecule is CCO[SiH2]OCC.F. The number of hydrogen-bond donors (Lipinski definition) is 0. The van der Waals surface area contributed by atoms with Crippen molar-refractivity contribution in [1.82, 2.24) is 0 Å². The molecule has 0 unspecified atom stereocenters. The molecule has 0 heterocycles. The Morgan fingerprint density at radius 1 is 1.12 bits per heavy atom. The normalized spacial score (nSPS) is 8.25. The van der Waals surface area contributed by atoms with E-state index in [0.29, 0.717) is 0 Å². The number of halogens is 1. The van der Waals surface area contributed by atoms with E-state index in [-0.39, 0.29) is 4.70 Å². The molecule has 2 nitrogen and oxygen atoms in total. The molecule has 0 fully saturated rings. The van der Waals surface area contributed by atoms with Gasteiger partial charge in [0.1, 0.15) is 0 Å². The third kappa shape index (κ3) is 9.42. The van der Waals surface area contributed by atoms with Crippen molar-refractivity contribution < 1.29 is 13.6 Å². The molecule has 0 aromatic carbocycles. The Morgan fingerprint density at radius 3 is 1.75 bits per heavy atom. The van der Waals surface area contributed by atoms with Gasteiger partial charge in [0.25, 0.3) is 0 Å². The van der Waals surface area contributed by atoms with Gasteiger partial charge in [-0.2, -0.15) is 0 Å². The van der Waals surface area contributed by atoms with Crippen molar-refractivity contribution >= 4 is 10.0 Å². The molecule has 0 aliphatic heterocycles. The molecule has 0 saturated heterocycles. The fraction of sp³-hybridized carbons (Fsp3) is 1.00. The lowest BCUT2D eigenvalue weighted by molar-refractivity contribution is 0.240. The van der Waals surface area contributed by atoms with E-state index in [9.17, 15) is 0 Å². The van der Waals surface area contributed by atoms with Gasteiger partial charge in [-0.05, 0) is 13.8 Å². The van der Waals surface area contributed by atoms with Crippen molar-refractivity contribution in [3.05, 3.63) is 0 Å². The molecule has 0 rings (SSSR count). The average molecular weight is 140 g/mol. The van der Waals surface area contributed by atoms with Crippen molar-refractivity contribution in [1.29, 1.82) is 0 Å². The Bertz CT molecular complexity index is 33.2. The third-order valence-electron chi connectivity index (χ3n) is 0.575. The highest BCUT2D eigenvalue weighted by molar-refractivity contribution is 6.17. The Morgan fingerprint density at radius 2 is 1.50 bits per heavy atom.